The van der Waals surface area contributed by atoms with Gasteiger partial charge in [0.2, 0.25) is 0 Å². The molecule has 1 saturated heterocycles. The molecule has 1 aliphatic rings. The van der Waals surface area contributed by atoms with Crippen molar-refractivity contribution in [2.75, 3.05) is 6.54 Å². The van der Waals surface area contributed by atoms with E-state index in [9.17, 15) is 0 Å². The summed E-state index contributed by atoms with van der Waals surface area (Å²) in [6, 6.07) is 13.8. The summed E-state index contributed by atoms with van der Waals surface area (Å²) < 4.78 is 1.96. The molecule has 0 radical (unpaired) electrons. The highest BCUT2D eigenvalue weighted by Gasteiger charge is 2.28. The van der Waals surface area contributed by atoms with E-state index in [0.29, 0.717) is 6.04 Å². The fourth-order valence-electron chi connectivity index (χ4n) is 4.37. The molecule has 0 bridgehead atoms. The van der Waals surface area contributed by atoms with Crippen LogP contribution in [-0.2, 0) is 20.0 Å². The van der Waals surface area contributed by atoms with Crippen LogP contribution in [0.25, 0.3) is 0 Å². The molecule has 0 N–H and O–H groups in total. The summed E-state index contributed by atoms with van der Waals surface area (Å²) in [5.74, 6) is 0. The van der Waals surface area contributed by atoms with Gasteiger partial charge in [0, 0.05) is 30.5 Å². The third-order valence-electron chi connectivity index (χ3n) is 5.94. The Labute approximate surface area is 168 Å². The first-order valence-electron chi connectivity index (χ1n) is 10.2. The summed E-state index contributed by atoms with van der Waals surface area (Å²) >= 11 is 0. The zero-order valence-electron chi connectivity index (χ0n) is 17.4. The molecule has 28 heavy (non-hydrogen) atoms. The topological polar surface area (TPSA) is 34.0 Å². The fourth-order valence-corrected chi connectivity index (χ4v) is 4.37. The van der Waals surface area contributed by atoms with E-state index in [1.165, 1.54) is 46.5 Å². The van der Waals surface area contributed by atoms with Crippen molar-refractivity contribution in [1.29, 1.82) is 0 Å². The second kappa shape index (κ2) is 7.88. The molecule has 4 nitrogen and oxygen atoms in total. The lowest BCUT2D eigenvalue weighted by Gasteiger charge is -2.24. The van der Waals surface area contributed by atoms with Crippen LogP contribution in [0.2, 0.25) is 0 Å². The molecule has 4 rings (SSSR count). The summed E-state index contributed by atoms with van der Waals surface area (Å²) in [7, 11) is 2.01. The van der Waals surface area contributed by atoms with Crippen molar-refractivity contribution in [2.24, 2.45) is 7.05 Å². The van der Waals surface area contributed by atoms with Crippen molar-refractivity contribution in [3.8, 4) is 0 Å². The summed E-state index contributed by atoms with van der Waals surface area (Å²) in [6.45, 7) is 8.50. The molecule has 1 atom stereocenters. The van der Waals surface area contributed by atoms with Crippen LogP contribution in [0, 0.1) is 20.8 Å². The van der Waals surface area contributed by atoms with Crippen LogP contribution in [0.4, 0.5) is 0 Å². The van der Waals surface area contributed by atoms with Crippen LogP contribution in [0.3, 0.4) is 0 Å². The molecule has 4 heteroatoms. The maximum Gasteiger partial charge on any atom is 0.0581 e. The number of aryl methyl sites for hydroxylation is 3. The van der Waals surface area contributed by atoms with Crippen molar-refractivity contribution in [1.82, 2.24) is 19.7 Å². The highest BCUT2D eigenvalue weighted by molar-refractivity contribution is 5.32. The van der Waals surface area contributed by atoms with Gasteiger partial charge in [-0.05, 0) is 69.8 Å². The average Bonchev–Trinajstić information content (AvgIpc) is 3.23. The molecule has 1 aromatic carbocycles. The van der Waals surface area contributed by atoms with Gasteiger partial charge in [-0.15, -0.1) is 0 Å². The number of aromatic nitrogens is 3. The predicted octanol–water partition coefficient (Wildman–Crippen LogP) is 4.67. The highest BCUT2D eigenvalue weighted by Crippen LogP contribution is 2.33. The minimum Gasteiger partial charge on any atom is -0.290 e. The van der Waals surface area contributed by atoms with E-state index in [1.807, 2.05) is 17.9 Å². The van der Waals surface area contributed by atoms with Crippen LogP contribution in [0.15, 0.2) is 42.6 Å². The number of hydrogen-bond donors (Lipinski definition) is 0. The smallest absolute Gasteiger partial charge is 0.0581 e. The van der Waals surface area contributed by atoms with Gasteiger partial charge < -0.3 is 0 Å². The molecule has 0 aliphatic carbocycles. The SMILES string of the molecule is Cc1cccc(Cc2cc(C)nc([C@@H]3CCCN3Cc3cnn(C)c3C)c2)c1. The number of nitrogens with zero attached hydrogens (tertiary/aromatic N) is 4. The van der Waals surface area contributed by atoms with Crippen LogP contribution < -0.4 is 0 Å². The van der Waals surface area contributed by atoms with Gasteiger partial charge in [0.1, 0.15) is 0 Å². The summed E-state index contributed by atoms with van der Waals surface area (Å²) in [4.78, 5) is 7.50. The number of likely N-dealkylation sites (tertiary alicyclic amines) is 1. The standard InChI is InChI=1S/C24H30N4/c1-17-7-5-8-20(11-17)13-21-12-18(2)26-23(14-21)24-9-6-10-28(24)16-22-15-25-27(4)19(22)3/h5,7-8,11-12,14-15,24H,6,9-10,13,16H2,1-4H3/t24-/m0/s1. The Morgan fingerprint density at radius 2 is 1.93 bits per heavy atom. The maximum atomic E-state index is 4.93. The highest BCUT2D eigenvalue weighted by atomic mass is 15.3. The molecule has 0 spiro atoms. The Morgan fingerprint density at radius 1 is 1.07 bits per heavy atom. The first-order chi connectivity index (χ1) is 13.5. The Morgan fingerprint density at radius 3 is 2.68 bits per heavy atom. The molecule has 1 aliphatic heterocycles. The Bertz CT molecular complexity index is 972. The predicted molar refractivity (Wildman–Crippen MR) is 113 cm³/mol. The molecule has 0 unspecified atom stereocenters. The zero-order valence-corrected chi connectivity index (χ0v) is 17.4. The fraction of sp³-hybridized carbons (Fsp3) is 0.417. The third kappa shape index (κ3) is 4.02. The number of pyridine rings is 1. The largest absolute Gasteiger partial charge is 0.290 e. The molecule has 146 valence electrons. The van der Waals surface area contributed by atoms with E-state index in [-0.39, 0.29) is 0 Å². The quantitative estimate of drug-likeness (QED) is 0.651. The van der Waals surface area contributed by atoms with E-state index < -0.39 is 0 Å². The first-order valence-corrected chi connectivity index (χ1v) is 10.2. The zero-order chi connectivity index (χ0) is 19.7. The molecule has 0 amide bonds. The van der Waals surface area contributed by atoms with Gasteiger partial charge in [-0.1, -0.05) is 29.8 Å². The van der Waals surface area contributed by atoms with E-state index in [0.717, 1.165) is 25.2 Å². The summed E-state index contributed by atoms with van der Waals surface area (Å²) in [6.07, 6.45) is 5.39. The average molecular weight is 375 g/mol. The minimum atomic E-state index is 0.399. The molecular formula is C24H30N4. The Kier molecular flexibility index (Phi) is 5.31. The van der Waals surface area contributed by atoms with E-state index in [4.69, 9.17) is 4.98 Å². The lowest BCUT2D eigenvalue weighted by atomic mass is 10.0. The van der Waals surface area contributed by atoms with Gasteiger partial charge in [-0.25, -0.2) is 0 Å². The van der Waals surface area contributed by atoms with Crippen molar-refractivity contribution < 1.29 is 0 Å². The normalized spacial score (nSPS) is 17.4. The summed E-state index contributed by atoms with van der Waals surface area (Å²) in [5.41, 5.74) is 8.96. The molecule has 3 heterocycles. The maximum absolute atomic E-state index is 4.93. The Hall–Kier alpha value is -2.46. The monoisotopic (exact) mass is 374 g/mol. The lowest BCUT2D eigenvalue weighted by molar-refractivity contribution is 0.243. The van der Waals surface area contributed by atoms with Crippen LogP contribution in [-0.4, -0.2) is 26.2 Å². The molecular weight excluding hydrogens is 344 g/mol. The second-order valence-corrected chi connectivity index (χ2v) is 8.21. The van der Waals surface area contributed by atoms with Crippen molar-refractivity contribution in [3.63, 3.8) is 0 Å². The number of benzene rings is 1. The number of rotatable bonds is 5. The van der Waals surface area contributed by atoms with Crippen molar-refractivity contribution in [2.45, 2.75) is 52.6 Å². The Balaban J connectivity index is 1.57. The van der Waals surface area contributed by atoms with Gasteiger partial charge in [0.05, 0.1) is 17.9 Å². The molecule has 0 saturated carbocycles. The van der Waals surface area contributed by atoms with Crippen molar-refractivity contribution in [3.05, 3.63) is 81.9 Å². The van der Waals surface area contributed by atoms with Crippen molar-refractivity contribution >= 4 is 0 Å². The number of hydrogen-bond acceptors (Lipinski definition) is 3. The molecule has 2 aromatic heterocycles. The molecule has 1 fully saturated rings. The summed E-state index contributed by atoms with van der Waals surface area (Å²) in [5, 5.41) is 4.41. The van der Waals surface area contributed by atoms with Gasteiger partial charge in [0.15, 0.2) is 0 Å². The van der Waals surface area contributed by atoms with Gasteiger partial charge in [-0.3, -0.25) is 14.6 Å². The lowest BCUT2D eigenvalue weighted by Crippen LogP contribution is -2.24. The first kappa shape index (κ1) is 18.9. The second-order valence-electron chi connectivity index (χ2n) is 8.21. The van der Waals surface area contributed by atoms with E-state index in [2.05, 4.69) is 67.2 Å². The van der Waals surface area contributed by atoms with E-state index in [1.54, 1.807) is 0 Å². The van der Waals surface area contributed by atoms with Gasteiger partial charge in [-0.2, -0.15) is 5.10 Å². The van der Waals surface area contributed by atoms with Gasteiger partial charge >= 0.3 is 0 Å². The van der Waals surface area contributed by atoms with Gasteiger partial charge in [0.25, 0.3) is 0 Å². The van der Waals surface area contributed by atoms with Crippen LogP contribution in [0.5, 0.6) is 0 Å². The minimum absolute atomic E-state index is 0.399. The van der Waals surface area contributed by atoms with E-state index >= 15 is 0 Å². The van der Waals surface area contributed by atoms with Crippen LogP contribution in [0.1, 0.15) is 58.2 Å². The van der Waals surface area contributed by atoms with Crippen LogP contribution >= 0.6 is 0 Å². The third-order valence-corrected chi connectivity index (χ3v) is 5.94. The molecule has 3 aromatic rings.